The number of hydrogen-bond acceptors (Lipinski definition) is 3. The Balaban J connectivity index is 2.46. The van der Waals surface area contributed by atoms with E-state index >= 15 is 0 Å². The van der Waals surface area contributed by atoms with Crippen molar-refractivity contribution in [3.8, 4) is 5.69 Å². The van der Waals surface area contributed by atoms with Crippen molar-refractivity contribution in [2.45, 2.75) is 20.8 Å². The van der Waals surface area contributed by atoms with Gasteiger partial charge in [0.25, 0.3) is 0 Å². The van der Waals surface area contributed by atoms with Crippen molar-refractivity contribution in [3.63, 3.8) is 0 Å². The van der Waals surface area contributed by atoms with Crippen LogP contribution in [-0.4, -0.2) is 14.5 Å². The number of nitrogens with two attached hydrogens (primary N) is 1. The second kappa shape index (κ2) is 4.59. The number of anilines is 1. The van der Waals surface area contributed by atoms with Gasteiger partial charge in [-0.25, -0.2) is 9.97 Å². The fraction of sp³-hybridized carbons (Fsp3) is 0.200. The predicted molar refractivity (Wildman–Crippen MR) is 85.2 cm³/mol. The Morgan fingerprint density at radius 1 is 1.15 bits per heavy atom. The summed E-state index contributed by atoms with van der Waals surface area (Å²) in [5.74, 6) is 0.530. The minimum absolute atomic E-state index is 0.530. The van der Waals surface area contributed by atoms with E-state index in [9.17, 15) is 0 Å². The van der Waals surface area contributed by atoms with Crippen LogP contribution < -0.4 is 5.73 Å². The fourth-order valence-electron chi connectivity index (χ4n) is 2.54. The van der Waals surface area contributed by atoms with Crippen LogP contribution >= 0.6 is 15.9 Å². The Hall–Kier alpha value is -1.88. The minimum atomic E-state index is 0.530. The van der Waals surface area contributed by atoms with E-state index in [0.717, 1.165) is 32.5 Å². The quantitative estimate of drug-likeness (QED) is 0.740. The average Bonchev–Trinajstić information content (AvgIpc) is 2.66. The fourth-order valence-corrected chi connectivity index (χ4v) is 2.89. The van der Waals surface area contributed by atoms with Gasteiger partial charge in [0.1, 0.15) is 12.1 Å². The van der Waals surface area contributed by atoms with Crippen LogP contribution in [0, 0.1) is 20.8 Å². The first-order chi connectivity index (χ1) is 9.50. The van der Waals surface area contributed by atoms with E-state index in [0.29, 0.717) is 5.82 Å². The summed E-state index contributed by atoms with van der Waals surface area (Å²) in [6, 6.07) is 6.22. The molecule has 1 aromatic carbocycles. The average molecular weight is 331 g/mol. The predicted octanol–water partition coefficient (Wildman–Crippen LogP) is 3.69. The molecule has 20 heavy (non-hydrogen) atoms. The van der Waals surface area contributed by atoms with Crippen molar-refractivity contribution in [1.82, 2.24) is 14.5 Å². The van der Waals surface area contributed by atoms with Crippen LogP contribution in [0.4, 0.5) is 5.82 Å². The van der Waals surface area contributed by atoms with Gasteiger partial charge >= 0.3 is 0 Å². The number of nitrogen functional groups attached to an aromatic ring is 1. The molecule has 0 atom stereocenters. The summed E-state index contributed by atoms with van der Waals surface area (Å²) < 4.78 is 3.18. The van der Waals surface area contributed by atoms with Crippen LogP contribution in [0.2, 0.25) is 0 Å². The molecule has 0 aliphatic rings. The normalized spacial score (nSPS) is 11.2. The molecule has 0 aliphatic heterocycles. The summed E-state index contributed by atoms with van der Waals surface area (Å²) in [7, 11) is 0. The molecular formula is C15H15BrN4. The molecule has 5 heteroatoms. The van der Waals surface area contributed by atoms with Gasteiger partial charge in [0, 0.05) is 10.2 Å². The van der Waals surface area contributed by atoms with E-state index in [1.807, 2.05) is 6.07 Å². The number of fused-ring (bicyclic) bond motifs is 1. The number of rotatable bonds is 1. The maximum atomic E-state index is 6.01. The number of aromatic nitrogens is 3. The summed E-state index contributed by atoms with van der Waals surface area (Å²) in [5.41, 5.74) is 11.4. The molecule has 0 radical (unpaired) electrons. The van der Waals surface area contributed by atoms with Crippen molar-refractivity contribution in [1.29, 1.82) is 0 Å². The lowest BCUT2D eigenvalue weighted by Crippen LogP contribution is -2.01. The Labute approximate surface area is 125 Å². The summed E-state index contributed by atoms with van der Waals surface area (Å²) in [6.07, 6.45) is 1.51. The molecule has 0 fully saturated rings. The zero-order valence-electron chi connectivity index (χ0n) is 11.6. The molecule has 0 saturated carbocycles. The number of nitrogens with zero attached hydrogens (tertiary/aromatic N) is 3. The molecular weight excluding hydrogens is 316 g/mol. The van der Waals surface area contributed by atoms with Gasteiger partial charge in [0.15, 0.2) is 5.65 Å². The standard InChI is InChI=1S/C15H15BrN4/c1-8-4-5-11(16)6-12(8)20-10(3)9(2)13-14(17)18-7-19-15(13)20/h4-7H,1-3H3,(H2,17,18,19). The molecule has 3 aromatic rings. The molecule has 0 spiro atoms. The molecule has 4 nitrogen and oxygen atoms in total. The summed E-state index contributed by atoms with van der Waals surface area (Å²) in [5, 5.41) is 0.935. The Kier molecular flexibility index (Phi) is 3.01. The molecule has 0 saturated heterocycles. The van der Waals surface area contributed by atoms with E-state index in [1.165, 1.54) is 11.9 Å². The van der Waals surface area contributed by atoms with Crippen LogP contribution in [0.1, 0.15) is 16.8 Å². The number of hydrogen-bond donors (Lipinski definition) is 1. The summed E-state index contributed by atoms with van der Waals surface area (Å²) in [4.78, 5) is 8.53. The maximum absolute atomic E-state index is 6.01. The third-order valence-electron chi connectivity index (χ3n) is 3.73. The van der Waals surface area contributed by atoms with Gasteiger partial charge in [-0.1, -0.05) is 22.0 Å². The molecule has 102 valence electrons. The Morgan fingerprint density at radius 2 is 1.90 bits per heavy atom. The van der Waals surface area contributed by atoms with Gasteiger partial charge in [-0.05, 0) is 44.0 Å². The van der Waals surface area contributed by atoms with Gasteiger partial charge in [-0.15, -0.1) is 0 Å². The van der Waals surface area contributed by atoms with Crippen molar-refractivity contribution in [2.24, 2.45) is 0 Å². The van der Waals surface area contributed by atoms with Crippen LogP contribution in [-0.2, 0) is 0 Å². The van der Waals surface area contributed by atoms with E-state index in [-0.39, 0.29) is 0 Å². The highest BCUT2D eigenvalue weighted by Gasteiger charge is 2.17. The topological polar surface area (TPSA) is 56.7 Å². The van der Waals surface area contributed by atoms with Crippen molar-refractivity contribution in [2.75, 3.05) is 5.73 Å². The van der Waals surface area contributed by atoms with E-state index < -0.39 is 0 Å². The lowest BCUT2D eigenvalue weighted by Gasteiger charge is -2.11. The highest BCUT2D eigenvalue weighted by atomic mass is 79.9. The van der Waals surface area contributed by atoms with Crippen LogP contribution in [0.5, 0.6) is 0 Å². The molecule has 0 aliphatic carbocycles. The lowest BCUT2D eigenvalue weighted by molar-refractivity contribution is 1.00. The van der Waals surface area contributed by atoms with Gasteiger partial charge in [0.05, 0.1) is 11.1 Å². The monoisotopic (exact) mass is 330 g/mol. The number of benzene rings is 1. The van der Waals surface area contributed by atoms with Crippen molar-refractivity contribution >= 4 is 32.8 Å². The van der Waals surface area contributed by atoms with Gasteiger partial charge in [-0.3, -0.25) is 4.57 Å². The maximum Gasteiger partial charge on any atom is 0.150 e. The third-order valence-corrected chi connectivity index (χ3v) is 4.23. The zero-order valence-corrected chi connectivity index (χ0v) is 13.2. The highest BCUT2D eigenvalue weighted by molar-refractivity contribution is 9.10. The minimum Gasteiger partial charge on any atom is -0.383 e. The molecule has 0 unspecified atom stereocenters. The van der Waals surface area contributed by atoms with Gasteiger partial charge in [-0.2, -0.15) is 0 Å². The summed E-state index contributed by atoms with van der Waals surface area (Å²) in [6.45, 7) is 6.23. The van der Waals surface area contributed by atoms with Crippen LogP contribution in [0.3, 0.4) is 0 Å². The highest BCUT2D eigenvalue weighted by Crippen LogP contribution is 2.31. The summed E-state index contributed by atoms with van der Waals surface area (Å²) >= 11 is 3.53. The third kappa shape index (κ3) is 1.81. The number of halogens is 1. The first-order valence-electron chi connectivity index (χ1n) is 6.35. The molecule has 2 N–H and O–H groups in total. The molecule has 0 bridgehead atoms. The SMILES string of the molecule is Cc1ccc(Br)cc1-n1c(C)c(C)c2c(N)ncnc21. The molecule has 3 rings (SSSR count). The molecule has 2 heterocycles. The smallest absolute Gasteiger partial charge is 0.150 e. The van der Waals surface area contributed by atoms with Crippen LogP contribution in [0.15, 0.2) is 29.0 Å². The van der Waals surface area contributed by atoms with E-state index in [1.54, 1.807) is 0 Å². The second-order valence-corrected chi connectivity index (χ2v) is 5.85. The first-order valence-corrected chi connectivity index (χ1v) is 7.14. The zero-order chi connectivity index (χ0) is 14.4. The van der Waals surface area contributed by atoms with Crippen LogP contribution in [0.25, 0.3) is 16.7 Å². The van der Waals surface area contributed by atoms with E-state index in [4.69, 9.17) is 5.73 Å². The lowest BCUT2D eigenvalue weighted by atomic mass is 10.2. The van der Waals surface area contributed by atoms with Gasteiger partial charge < -0.3 is 5.73 Å². The Bertz CT molecular complexity index is 820. The Morgan fingerprint density at radius 3 is 2.65 bits per heavy atom. The second-order valence-electron chi connectivity index (χ2n) is 4.93. The first kappa shape index (κ1) is 13.1. The van der Waals surface area contributed by atoms with Crippen molar-refractivity contribution in [3.05, 3.63) is 45.8 Å². The van der Waals surface area contributed by atoms with Gasteiger partial charge in [0.2, 0.25) is 0 Å². The molecule has 2 aromatic heterocycles. The number of aryl methyl sites for hydroxylation is 2. The molecule has 0 amide bonds. The van der Waals surface area contributed by atoms with E-state index in [2.05, 4.69) is 63.4 Å². The largest absolute Gasteiger partial charge is 0.383 e. The van der Waals surface area contributed by atoms with Crippen molar-refractivity contribution < 1.29 is 0 Å².